The maximum Gasteiger partial charge on any atom is 0.257 e. The Kier molecular flexibility index (Phi) is 2.13. The Bertz CT molecular complexity index is 1980. The quantitative estimate of drug-likeness (QED) is 0.664. The normalized spacial score (nSPS) is 44.0. The minimum atomic E-state index is -3.89. The molecule has 4 heterocycles. The van der Waals surface area contributed by atoms with Crippen molar-refractivity contribution in [3.63, 3.8) is 0 Å². The molecule has 0 spiro atoms. The van der Waals surface area contributed by atoms with Gasteiger partial charge in [0.05, 0.1) is 11.2 Å². The summed E-state index contributed by atoms with van der Waals surface area (Å²) in [7, 11) is 0. The summed E-state index contributed by atoms with van der Waals surface area (Å²) in [6.07, 6.45) is -19.7. The lowest BCUT2D eigenvalue weighted by Crippen LogP contribution is -2.37. The van der Waals surface area contributed by atoms with Gasteiger partial charge >= 0.3 is 0 Å². The van der Waals surface area contributed by atoms with E-state index in [1.54, 1.807) is 0 Å². The number of hydrogen-bond acceptors (Lipinski definition) is 6. The molecule has 1 N–H and O–H groups in total. The summed E-state index contributed by atoms with van der Waals surface area (Å²) in [4.78, 5) is 17.5. The van der Waals surface area contributed by atoms with Crippen LogP contribution in [0.1, 0.15) is 86.3 Å². The van der Waals surface area contributed by atoms with Crippen LogP contribution in [0.2, 0.25) is 0 Å². The van der Waals surface area contributed by atoms with E-state index in [1.807, 2.05) is 0 Å². The third kappa shape index (κ3) is 3.78. The first-order valence-corrected chi connectivity index (χ1v) is 8.96. The molecule has 0 amide bonds. The average Bonchev–Trinajstić information content (AvgIpc) is 3.43. The van der Waals surface area contributed by atoms with Gasteiger partial charge in [-0.05, 0) is 63.9 Å². The standard InChI is InChI=1S/C23H27FN4O3/c1-14-17(23(30)28-9-2-3-19(29)22(28)25-14)8-12-27-10-6-15(7-11-27)21-18-5-4-16(24)13-20(18)31-26-21/h4-5,13,15,19,29H,2-3,6-12H2,1H3/i2D2,3D2,4D,5D,6D2,7D2,9D2,10D2,11D2,13D,15D,19D. The molecule has 1 fully saturated rings. The molecule has 2 aliphatic rings. The largest absolute Gasteiger partial charge is 0.385 e. The topological polar surface area (TPSA) is 84.4 Å². The molecule has 3 aromatic rings. The Balaban J connectivity index is 1.67. The van der Waals surface area contributed by atoms with Gasteiger partial charge in [0.1, 0.15) is 17.7 Å². The summed E-state index contributed by atoms with van der Waals surface area (Å²) >= 11 is 0. The van der Waals surface area contributed by atoms with Gasteiger partial charge in [0.15, 0.2) is 5.58 Å². The first-order chi connectivity index (χ1) is 22.3. The molecule has 5 rings (SSSR count). The zero-order chi connectivity index (χ0) is 38.5. The number of halogens is 1. The van der Waals surface area contributed by atoms with Crippen LogP contribution in [0.4, 0.5) is 4.39 Å². The summed E-state index contributed by atoms with van der Waals surface area (Å²) in [5.41, 5.74) is -4.69. The van der Waals surface area contributed by atoms with E-state index < -0.39 is 133 Å². The number of nitrogens with zero attached hydrogens (tertiary/aromatic N) is 4. The zero-order valence-electron chi connectivity index (χ0n) is 34.8. The Morgan fingerprint density at radius 1 is 1.35 bits per heavy atom. The number of aromatic nitrogens is 3. The van der Waals surface area contributed by atoms with E-state index in [4.69, 9.17) is 30.6 Å². The molecule has 0 bridgehead atoms. The summed E-state index contributed by atoms with van der Waals surface area (Å²) in [6.45, 7) is -11.1. The van der Waals surface area contributed by atoms with E-state index in [0.717, 1.165) is 6.92 Å². The molecule has 0 aliphatic carbocycles. The number of piperidine rings is 1. The predicted molar refractivity (Wildman–Crippen MR) is 114 cm³/mol. The number of aliphatic hydroxyl groups is 1. The Labute approximate surface area is 206 Å². The summed E-state index contributed by atoms with van der Waals surface area (Å²) in [5.74, 6) is -6.57. The van der Waals surface area contributed by atoms with Gasteiger partial charge in [-0.25, -0.2) is 9.37 Å². The van der Waals surface area contributed by atoms with Crippen LogP contribution in [0, 0.1) is 12.7 Å². The third-order valence-electron chi connectivity index (χ3n) is 4.61. The van der Waals surface area contributed by atoms with Gasteiger partial charge in [0.25, 0.3) is 5.56 Å². The number of aryl methyl sites for hydroxylation is 1. The third-order valence-corrected chi connectivity index (χ3v) is 4.61. The Morgan fingerprint density at radius 2 is 2.16 bits per heavy atom. The molecule has 2 aliphatic heterocycles. The van der Waals surface area contributed by atoms with Crippen LogP contribution < -0.4 is 5.56 Å². The van der Waals surface area contributed by atoms with E-state index in [1.165, 1.54) is 0 Å². The fraction of sp³-hybridized carbons (Fsp3) is 0.522. The minimum absolute atomic E-state index is 0.00145. The number of likely N-dealkylation sites (tertiary alicyclic amines) is 1. The molecule has 1 saturated heterocycles. The van der Waals surface area contributed by atoms with Gasteiger partial charge in [0, 0.05) is 62.2 Å². The van der Waals surface area contributed by atoms with Crippen molar-refractivity contribution in [2.24, 2.45) is 0 Å². The van der Waals surface area contributed by atoms with Crippen molar-refractivity contribution in [3.05, 3.63) is 57.1 Å². The van der Waals surface area contributed by atoms with Crippen molar-refractivity contribution in [3.8, 4) is 0 Å². The van der Waals surface area contributed by atoms with Crippen molar-refractivity contribution >= 4 is 11.0 Å². The summed E-state index contributed by atoms with van der Waals surface area (Å²) < 4.78 is 179. The highest BCUT2D eigenvalue weighted by molar-refractivity contribution is 5.79. The van der Waals surface area contributed by atoms with Crippen LogP contribution in [0.15, 0.2) is 27.4 Å². The molecule has 0 saturated carbocycles. The van der Waals surface area contributed by atoms with E-state index in [0.29, 0.717) is 0 Å². The first-order valence-electron chi connectivity index (χ1n) is 18.5. The Morgan fingerprint density at radius 3 is 2.97 bits per heavy atom. The summed E-state index contributed by atoms with van der Waals surface area (Å²) in [6, 6.07) is -3.53. The van der Waals surface area contributed by atoms with E-state index in [2.05, 4.69) is 10.1 Å². The molecular formula is C23H27FN4O3. The van der Waals surface area contributed by atoms with Gasteiger partial charge in [-0.3, -0.25) is 9.36 Å². The molecule has 1 unspecified atom stereocenters. The summed E-state index contributed by atoms with van der Waals surface area (Å²) in [5, 5.41) is 13.2. The molecule has 1 aromatic carbocycles. The van der Waals surface area contributed by atoms with Crippen LogP contribution in [-0.4, -0.2) is 44.3 Å². The SMILES string of the molecule is [2H]c1c(F)c([2H])c2onc(C3([2H])C([2H])([2H])C([2H])([2H])N(CCc4c(C)nc5n(c4=O)C([2H])([2H])C([2H])([2H])C([2H])([2H])C5([2H])O)C([2H])([2H])C3([2H])[2H])c2c1[2H]. The second kappa shape index (κ2) is 8.16. The number of hydrogen-bond donors (Lipinski definition) is 1. The molecule has 1 atom stereocenters. The van der Waals surface area contributed by atoms with Gasteiger partial charge in [-0.15, -0.1) is 0 Å². The second-order valence-corrected chi connectivity index (χ2v) is 6.52. The number of fused-ring (bicyclic) bond motifs is 2. The molecule has 2 aromatic heterocycles. The van der Waals surface area contributed by atoms with Gasteiger partial charge in [0.2, 0.25) is 0 Å². The zero-order valence-corrected chi connectivity index (χ0v) is 15.8. The van der Waals surface area contributed by atoms with Crippen LogP contribution in [-0.2, 0) is 12.9 Å². The van der Waals surface area contributed by atoms with Gasteiger partial charge in [-0.2, -0.15) is 0 Å². The monoisotopic (exact) mass is 445 g/mol. The lowest BCUT2D eigenvalue weighted by Gasteiger charge is -2.31. The minimum Gasteiger partial charge on any atom is -0.385 e. The molecule has 8 heteroatoms. The fourth-order valence-electron chi connectivity index (χ4n) is 3.08. The molecule has 0 radical (unpaired) electrons. The average molecular weight is 446 g/mol. The lowest BCUT2D eigenvalue weighted by molar-refractivity contribution is 0.129. The smallest absolute Gasteiger partial charge is 0.257 e. The van der Waals surface area contributed by atoms with Crippen molar-refractivity contribution < 1.29 is 40.1 Å². The van der Waals surface area contributed by atoms with Crippen molar-refractivity contribution in [1.82, 2.24) is 19.6 Å². The highest BCUT2D eigenvalue weighted by Gasteiger charge is 2.26. The van der Waals surface area contributed by atoms with Crippen molar-refractivity contribution in [2.75, 3.05) is 19.5 Å². The van der Waals surface area contributed by atoms with Crippen LogP contribution in [0.5, 0.6) is 0 Å². The predicted octanol–water partition coefficient (Wildman–Crippen LogP) is 3.08. The number of rotatable bonds is 4. The maximum atomic E-state index is 14.4. The second-order valence-electron chi connectivity index (χ2n) is 6.52. The van der Waals surface area contributed by atoms with E-state index in [9.17, 15) is 14.3 Å². The molecule has 7 nitrogen and oxygen atoms in total. The van der Waals surface area contributed by atoms with Crippen molar-refractivity contribution in [2.45, 2.75) is 57.3 Å². The Hall–Kier alpha value is -2.58. The van der Waals surface area contributed by atoms with Crippen LogP contribution in [0.25, 0.3) is 11.0 Å². The molecule has 31 heavy (non-hydrogen) atoms. The lowest BCUT2D eigenvalue weighted by atomic mass is 9.91. The molecular weight excluding hydrogens is 399 g/mol. The number of benzene rings is 1. The van der Waals surface area contributed by atoms with E-state index in [-0.39, 0.29) is 9.47 Å². The highest BCUT2D eigenvalue weighted by atomic mass is 19.1. The van der Waals surface area contributed by atoms with Crippen LogP contribution in [0.3, 0.4) is 0 Å². The maximum absolute atomic E-state index is 14.4. The van der Waals surface area contributed by atoms with Gasteiger partial charge < -0.3 is 14.5 Å². The highest BCUT2D eigenvalue weighted by Crippen LogP contribution is 2.32. The fourth-order valence-corrected chi connectivity index (χ4v) is 3.08. The molecule has 164 valence electrons. The first kappa shape index (κ1) is 8.08. The van der Waals surface area contributed by atoms with Crippen LogP contribution >= 0.6 is 0 Å². The van der Waals surface area contributed by atoms with Crippen molar-refractivity contribution in [1.29, 1.82) is 0 Å². The van der Waals surface area contributed by atoms with E-state index >= 15 is 0 Å². The van der Waals surface area contributed by atoms with Gasteiger partial charge in [-0.1, -0.05) is 5.16 Å².